The molecule has 1 aromatic rings. The summed E-state index contributed by atoms with van der Waals surface area (Å²) in [5.41, 5.74) is 10.2. The van der Waals surface area contributed by atoms with Crippen molar-refractivity contribution >= 4 is 16.5 Å². The highest BCUT2D eigenvalue weighted by atomic mass is 32.1. The number of hydrogen-bond donors (Lipinski definition) is 2. The van der Waals surface area contributed by atoms with Crippen LogP contribution in [0.5, 0.6) is 0 Å². The summed E-state index contributed by atoms with van der Waals surface area (Å²) in [5, 5.41) is 4.86. The fourth-order valence-electron chi connectivity index (χ4n) is 1.56. The number of nitrogens with one attached hydrogen (secondary N) is 1. The van der Waals surface area contributed by atoms with Gasteiger partial charge in [-0.25, -0.2) is 9.99 Å². The van der Waals surface area contributed by atoms with Crippen molar-refractivity contribution in [2.24, 2.45) is 5.73 Å². The van der Waals surface area contributed by atoms with Crippen LogP contribution in [0.1, 0.15) is 25.0 Å². The summed E-state index contributed by atoms with van der Waals surface area (Å²) in [7, 11) is 3.89. The minimum atomic E-state index is -0.136. The average molecular weight is 212 g/mol. The second-order valence-corrected chi connectivity index (χ2v) is 4.91. The highest BCUT2D eigenvalue weighted by Crippen LogP contribution is 2.39. The summed E-state index contributed by atoms with van der Waals surface area (Å²) in [6.07, 6.45) is 3.36. The maximum atomic E-state index is 6.17. The second kappa shape index (κ2) is 3.49. The van der Waals surface area contributed by atoms with E-state index in [0.29, 0.717) is 0 Å². The molecular formula is C9H16N4S. The summed E-state index contributed by atoms with van der Waals surface area (Å²) < 4.78 is 0. The molecule has 1 fully saturated rings. The topological polar surface area (TPSA) is 54.2 Å². The van der Waals surface area contributed by atoms with E-state index < -0.39 is 0 Å². The van der Waals surface area contributed by atoms with Crippen LogP contribution in [0.2, 0.25) is 0 Å². The molecule has 0 unspecified atom stereocenters. The second-order valence-electron chi connectivity index (χ2n) is 4.05. The van der Waals surface area contributed by atoms with Gasteiger partial charge in [-0.3, -0.25) is 5.43 Å². The largest absolute Gasteiger partial charge is 0.320 e. The first-order chi connectivity index (χ1) is 6.60. The first-order valence-corrected chi connectivity index (χ1v) is 5.67. The minimum absolute atomic E-state index is 0.136. The van der Waals surface area contributed by atoms with E-state index in [1.807, 2.05) is 19.1 Å². The van der Waals surface area contributed by atoms with Crippen molar-refractivity contribution in [2.45, 2.75) is 24.8 Å². The molecule has 4 nitrogen and oxygen atoms in total. The van der Waals surface area contributed by atoms with Gasteiger partial charge in [0.15, 0.2) is 5.13 Å². The molecule has 1 saturated carbocycles. The van der Waals surface area contributed by atoms with Gasteiger partial charge in [0.25, 0.3) is 0 Å². The van der Waals surface area contributed by atoms with Crippen molar-refractivity contribution in [3.8, 4) is 0 Å². The molecule has 0 radical (unpaired) electrons. The lowest BCUT2D eigenvalue weighted by Gasteiger charge is -2.36. The van der Waals surface area contributed by atoms with Crippen LogP contribution in [0, 0.1) is 0 Å². The molecule has 0 bridgehead atoms. The van der Waals surface area contributed by atoms with Crippen LogP contribution >= 0.6 is 11.3 Å². The first kappa shape index (κ1) is 9.89. The molecule has 78 valence electrons. The van der Waals surface area contributed by atoms with Gasteiger partial charge in [-0.05, 0) is 19.3 Å². The Kier molecular flexibility index (Phi) is 2.47. The SMILES string of the molecule is CN(C)Nc1nc(C2(N)CCC2)cs1. The van der Waals surface area contributed by atoms with Gasteiger partial charge in [0.1, 0.15) is 0 Å². The first-order valence-electron chi connectivity index (χ1n) is 4.79. The smallest absolute Gasteiger partial charge is 0.197 e. The molecule has 0 spiro atoms. The van der Waals surface area contributed by atoms with Gasteiger partial charge in [-0.1, -0.05) is 0 Å². The van der Waals surface area contributed by atoms with Crippen molar-refractivity contribution in [1.82, 2.24) is 9.99 Å². The molecular weight excluding hydrogens is 196 g/mol. The number of anilines is 1. The van der Waals surface area contributed by atoms with E-state index in [9.17, 15) is 0 Å². The zero-order valence-corrected chi connectivity index (χ0v) is 9.40. The van der Waals surface area contributed by atoms with Crippen molar-refractivity contribution in [2.75, 3.05) is 19.5 Å². The fraction of sp³-hybridized carbons (Fsp3) is 0.667. The normalized spacial score (nSPS) is 19.4. The number of aromatic nitrogens is 1. The Morgan fingerprint density at radius 3 is 2.79 bits per heavy atom. The third-order valence-electron chi connectivity index (χ3n) is 2.58. The van der Waals surface area contributed by atoms with Crippen molar-refractivity contribution < 1.29 is 0 Å². The Balaban J connectivity index is 2.09. The Hall–Kier alpha value is -0.650. The van der Waals surface area contributed by atoms with Crippen molar-refractivity contribution in [3.63, 3.8) is 0 Å². The van der Waals surface area contributed by atoms with Crippen LogP contribution in [-0.2, 0) is 5.54 Å². The van der Waals surface area contributed by atoms with E-state index in [1.165, 1.54) is 6.42 Å². The van der Waals surface area contributed by atoms with Gasteiger partial charge in [-0.15, -0.1) is 11.3 Å². The van der Waals surface area contributed by atoms with E-state index in [4.69, 9.17) is 5.73 Å². The zero-order valence-electron chi connectivity index (χ0n) is 8.58. The predicted octanol–water partition coefficient (Wildman–Crippen LogP) is 1.37. The number of thiazole rings is 1. The van der Waals surface area contributed by atoms with Gasteiger partial charge in [-0.2, -0.15) is 0 Å². The van der Waals surface area contributed by atoms with Crippen molar-refractivity contribution in [3.05, 3.63) is 11.1 Å². The summed E-state index contributed by atoms with van der Waals surface area (Å²) in [6, 6.07) is 0. The number of nitrogens with zero attached hydrogens (tertiary/aromatic N) is 2. The molecule has 0 aliphatic heterocycles. The Labute approximate surface area is 88.1 Å². The standard InChI is InChI=1S/C9H16N4S/c1-13(2)12-8-11-7(6-14-8)9(10)4-3-5-9/h6H,3-5,10H2,1-2H3,(H,11,12). The van der Waals surface area contributed by atoms with Gasteiger partial charge < -0.3 is 5.73 Å². The average Bonchev–Trinajstić information content (AvgIpc) is 2.47. The molecule has 0 aromatic carbocycles. The summed E-state index contributed by atoms with van der Waals surface area (Å²) in [4.78, 5) is 4.48. The third kappa shape index (κ3) is 1.75. The Morgan fingerprint density at radius 1 is 1.57 bits per heavy atom. The summed E-state index contributed by atoms with van der Waals surface area (Å²) >= 11 is 1.61. The van der Waals surface area contributed by atoms with Crippen LogP contribution in [0.25, 0.3) is 0 Å². The highest BCUT2D eigenvalue weighted by Gasteiger charge is 2.36. The molecule has 2 rings (SSSR count). The molecule has 0 amide bonds. The fourth-order valence-corrected chi connectivity index (χ4v) is 2.46. The number of nitrogens with two attached hydrogens (primary N) is 1. The lowest BCUT2D eigenvalue weighted by molar-refractivity contribution is 0.247. The maximum absolute atomic E-state index is 6.17. The number of hydrogen-bond acceptors (Lipinski definition) is 5. The van der Waals surface area contributed by atoms with Crippen molar-refractivity contribution in [1.29, 1.82) is 0 Å². The third-order valence-corrected chi connectivity index (χ3v) is 3.33. The molecule has 0 atom stereocenters. The molecule has 1 heterocycles. The van der Waals surface area contributed by atoms with Crippen LogP contribution in [0.3, 0.4) is 0 Å². The monoisotopic (exact) mass is 212 g/mol. The summed E-state index contributed by atoms with van der Waals surface area (Å²) in [6.45, 7) is 0. The molecule has 1 aliphatic rings. The van der Waals surface area contributed by atoms with E-state index >= 15 is 0 Å². The quantitative estimate of drug-likeness (QED) is 0.743. The van der Waals surface area contributed by atoms with Gasteiger partial charge in [0.05, 0.1) is 11.2 Å². The van der Waals surface area contributed by atoms with E-state index in [-0.39, 0.29) is 5.54 Å². The minimum Gasteiger partial charge on any atom is -0.320 e. The van der Waals surface area contributed by atoms with Gasteiger partial charge in [0.2, 0.25) is 0 Å². The molecule has 1 aromatic heterocycles. The van der Waals surface area contributed by atoms with E-state index in [1.54, 1.807) is 11.3 Å². The predicted molar refractivity (Wildman–Crippen MR) is 59.1 cm³/mol. The molecule has 5 heteroatoms. The maximum Gasteiger partial charge on any atom is 0.197 e. The van der Waals surface area contributed by atoms with Crippen LogP contribution in [-0.4, -0.2) is 24.1 Å². The van der Waals surface area contributed by atoms with E-state index in [0.717, 1.165) is 23.7 Å². The molecule has 1 aliphatic carbocycles. The zero-order chi connectivity index (χ0) is 10.2. The Bertz CT molecular complexity index is 316. The van der Waals surface area contributed by atoms with Gasteiger partial charge in [0, 0.05) is 19.5 Å². The summed E-state index contributed by atoms with van der Waals surface area (Å²) in [5.74, 6) is 0. The van der Waals surface area contributed by atoms with Crippen LogP contribution in [0.4, 0.5) is 5.13 Å². The highest BCUT2D eigenvalue weighted by molar-refractivity contribution is 7.13. The van der Waals surface area contributed by atoms with Crippen LogP contribution < -0.4 is 11.2 Å². The lowest BCUT2D eigenvalue weighted by atomic mass is 9.76. The van der Waals surface area contributed by atoms with Crippen LogP contribution in [0.15, 0.2) is 5.38 Å². The Morgan fingerprint density at radius 2 is 2.29 bits per heavy atom. The number of hydrazine groups is 1. The number of rotatable bonds is 3. The lowest BCUT2D eigenvalue weighted by Crippen LogP contribution is -2.43. The molecule has 14 heavy (non-hydrogen) atoms. The molecule has 0 saturated heterocycles. The van der Waals surface area contributed by atoms with E-state index in [2.05, 4.69) is 15.8 Å². The molecule has 3 N–H and O–H groups in total. The van der Waals surface area contributed by atoms with Gasteiger partial charge >= 0.3 is 0 Å².